The van der Waals surface area contributed by atoms with Crippen LogP contribution in [-0.2, 0) is 33.0 Å². The van der Waals surface area contributed by atoms with Crippen LogP contribution in [0.25, 0.3) is 0 Å². The van der Waals surface area contributed by atoms with Gasteiger partial charge in [0, 0.05) is 10.0 Å². The number of rotatable bonds is 7. The first-order valence-electron chi connectivity index (χ1n) is 9.98. The van der Waals surface area contributed by atoms with Gasteiger partial charge in [-0.05, 0) is 30.7 Å². The second kappa shape index (κ2) is 8.68. The molecule has 164 valence electrons. The molecule has 32 heavy (non-hydrogen) atoms. The number of halogens is 1. The Kier molecular flexibility index (Phi) is 5.94. The van der Waals surface area contributed by atoms with E-state index in [0.717, 1.165) is 5.56 Å². The fourth-order valence-electron chi connectivity index (χ4n) is 3.69. The molecule has 0 bridgehead atoms. The van der Waals surface area contributed by atoms with Gasteiger partial charge in [0.05, 0.1) is 37.2 Å². The van der Waals surface area contributed by atoms with Crippen molar-refractivity contribution in [3.8, 4) is 0 Å². The van der Waals surface area contributed by atoms with Crippen LogP contribution < -0.4 is 4.90 Å². The zero-order valence-electron chi connectivity index (χ0n) is 17.4. The van der Waals surface area contributed by atoms with Gasteiger partial charge in [-0.2, -0.15) is 0 Å². The van der Waals surface area contributed by atoms with Gasteiger partial charge in [-0.25, -0.2) is 9.48 Å². The number of aromatic nitrogens is 3. The number of carbonyl (C=O) groups excluding carboxylic acids is 2. The van der Waals surface area contributed by atoms with Crippen LogP contribution >= 0.6 is 15.9 Å². The van der Waals surface area contributed by atoms with E-state index in [9.17, 15) is 14.7 Å². The summed E-state index contributed by atoms with van der Waals surface area (Å²) < 4.78 is 7.31. The Balaban J connectivity index is 1.64. The van der Waals surface area contributed by atoms with Crippen molar-refractivity contribution in [1.82, 2.24) is 15.0 Å². The van der Waals surface area contributed by atoms with Crippen molar-refractivity contribution in [2.75, 3.05) is 11.5 Å². The van der Waals surface area contributed by atoms with Gasteiger partial charge in [0.2, 0.25) is 5.60 Å². The van der Waals surface area contributed by atoms with Crippen LogP contribution in [0.15, 0.2) is 71.4 Å². The summed E-state index contributed by atoms with van der Waals surface area (Å²) in [6, 6.07) is 14.9. The predicted octanol–water partition coefficient (Wildman–Crippen LogP) is 2.94. The molecule has 1 amide bonds. The molecule has 1 aliphatic heterocycles. The smallest absolute Gasteiger partial charge is 0.337 e. The van der Waals surface area contributed by atoms with E-state index in [0.29, 0.717) is 22.4 Å². The van der Waals surface area contributed by atoms with Crippen molar-refractivity contribution in [3.05, 3.63) is 88.2 Å². The number of hydrogen-bond acceptors (Lipinski definition) is 6. The van der Waals surface area contributed by atoms with Gasteiger partial charge in [0.15, 0.2) is 0 Å². The normalized spacial score (nSPS) is 17.3. The topological polar surface area (TPSA) is 97.6 Å². The number of anilines is 1. The zero-order chi connectivity index (χ0) is 22.9. The van der Waals surface area contributed by atoms with Crippen LogP contribution in [0.2, 0.25) is 0 Å². The molecular formula is C23H21BrN4O4. The minimum atomic E-state index is -2.23. The highest BCUT2D eigenvalue weighted by atomic mass is 79.9. The largest absolute Gasteiger partial charge is 0.463 e. The van der Waals surface area contributed by atoms with E-state index in [1.807, 2.05) is 30.3 Å². The van der Waals surface area contributed by atoms with Crippen molar-refractivity contribution in [2.45, 2.75) is 25.6 Å². The third kappa shape index (κ3) is 3.85. The lowest BCUT2D eigenvalue weighted by atomic mass is 9.88. The van der Waals surface area contributed by atoms with Crippen molar-refractivity contribution < 1.29 is 19.4 Å². The molecule has 1 atom stereocenters. The first-order valence-corrected chi connectivity index (χ1v) is 10.8. The van der Waals surface area contributed by atoms with E-state index in [1.54, 1.807) is 36.0 Å². The molecule has 0 saturated heterocycles. The van der Waals surface area contributed by atoms with Gasteiger partial charge >= 0.3 is 5.97 Å². The average molecular weight is 497 g/mol. The van der Waals surface area contributed by atoms with Gasteiger partial charge in [0.25, 0.3) is 5.91 Å². The standard InChI is InChI=1S/C23H21BrN4O4/c1-3-32-21(29)15(2)23(31)19-11-17(24)9-10-20(19)28(22(23)30)14-18-13-27(26-25-18)12-16-7-5-4-6-8-16/h4-11,13,31H,2-3,12,14H2,1H3. The highest BCUT2D eigenvalue weighted by Gasteiger charge is 2.54. The molecule has 1 aromatic heterocycles. The molecule has 1 unspecified atom stereocenters. The Morgan fingerprint density at radius 3 is 2.69 bits per heavy atom. The Morgan fingerprint density at radius 1 is 1.22 bits per heavy atom. The van der Waals surface area contributed by atoms with Gasteiger partial charge in [0.1, 0.15) is 5.69 Å². The van der Waals surface area contributed by atoms with Gasteiger partial charge in [-0.15, -0.1) is 5.10 Å². The lowest BCUT2D eigenvalue weighted by Gasteiger charge is -2.24. The number of hydrogen-bond donors (Lipinski definition) is 1. The molecule has 0 radical (unpaired) electrons. The molecule has 2 heterocycles. The van der Waals surface area contributed by atoms with Gasteiger partial charge in [-0.1, -0.05) is 58.1 Å². The van der Waals surface area contributed by atoms with Crippen LogP contribution in [0.1, 0.15) is 23.7 Å². The molecule has 0 spiro atoms. The molecular weight excluding hydrogens is 476 g/mol. The van der Waals surface area contributed by atoms with Crippen LogP contribution in [0.5, 0.6) is 0 Å². The quantitative estimate of drug-likeness (QED) is 0.398. The van der Waals surface area contributed by atoms with E-state index < -0.39 is 17.5 Å². The number of ether oxygens (including phenoxy) is 1. The van der Waals surface area contributed by atoms with E-state index >= 15 is 0 Å². The third-order valence-corrected chi connectivity index (χ3v) is 5.74. The second-order valence-electron chi connectivity index (χ2n) is 7.36. The number of nitrogens with zero attached hydrogens (tertiary/aromatic N) is 4. The van der Waals surface area contributed by atoms with Crippen molar-refractivity contribution in [1.29, 1.82) is 0 Å². The second-order valence-corrected chi connectivity index (χ2v) is 8.27. The molecule has 1 aliphatic rings. The summed E-state index contributed by atoms with van der Waals surface area (Å²) in [6.45, 7) is 6.02. The summed E-state index contributed by atoms with van der Waals surface area (Å²) in [5, 5.41) is 19.7. The Labute approximate surface area is 193 Å². The van der Waals surface area contributed by atoms with Crippen LogP contribution in [0, 0.1) is 0 Å². The van der Waals surface area contributed by atoms with Crippen LogP contribution in [0.3, 0.4) is 0 Å². The highest BCUT2D eigenvalue weighted by Crippen LogP contribution is 2.46. The van der Waals surface area contributed by atoms with Crippen LogP contribution in [-0.4, -0.2) is 38.6 Å². The van der Waals surface area contributed by atoms with Crippen molar-refractivity contribution in [2.24, 2.45) is 0 Å². The Hall–Kier alpha value is -3.30. The Morgan fingerprint density at radius 2 is 1.97 bits per heavy atom. The number of esters is 1. The minimum absolute atomic E-state index is 0.0701. The van der Waals surface area contributed by atoms with Gasteiger partial charge < -0.3 is 14.7 Å². The lowest BCUT2D eigenvalue weighted by molar-refractivity contribution is -0.145. The monoisotopic (exact) mass is 496 g/mol. The molecule has 8 nitrogen and oxygen atoms in total. The van der Waals surface area contributed by atoms with Crippen molar-refractivity contribution in [3.63, 3.8) is 0 Å². The maximum absolute atomic E-state index is 13.4. The van der Waals surface area contributed by atoms with E-state index in [2.05, 4.69) is 32.8 Å². The summed E-state index contributed by atoms with van der Waals surface area (Å²) in [5.41, 5.74) is -0.245. The first-order chi connectivity index (χ1) is 15.3. The highest BCUT2D eigenvalue weighted by molar-refractivity contribution is 9.10. The minimum Gasteiger partial charge on any atom is -0.463 e. The summed E-state index contributed by atoms with van der Waals surface area (Å²) in [5.74, 6) is -1.52. The first kappa shape index (κ1) is 21.9. The molecule has 1 N–H and O–H groups in total. The average Bonchev–Trinajstić information content (AvgIpc) is 3.31. The molecule has 4 rings (SSSR count). The fourth-order valence-corrected chi connectivity index (χ4v) is 4.05. The van der Waals surface area contributed by atoms with Gasteiger partial charge in [-0.3, -0.25) is 4.79 Å². The third-order valence-electron chi connectivity index (χ3n) is 5.25. The lowest BCUT2D eigenvalue weighted by Crippen LogP contribution is -2.43. The van der Waals surface area contributed by atoms with E-state index in [-0.39, 0.29) is 24.3 Å². The summed E-state index contributed by atoms with van der Waals surface area (Å²) in [4.78, 5) is 27.1. The zero-order valence-corrected chi connectivity index (χ0v) is 18.9. The summed E-state index contributed by atoms with van der Waals surface area (Å²) >= 11 is 3.36. The predicted molar refractivity (Wildman–Crippen MR) is 121 cm³/mol. The summed E-state index contributed by atoms with van der Waals surface area (Å²) in [6.07, 6.45) is 1.75. The fraction of sp³-hybridized carbons (Fsp3) is 0.217. The number of aliphatic hydroxyl groups is 1. The maximum Gasteiger partial charge on any atom is 0.337 e. The number of amides is 1. The summed E-state index contributed by atoms with van der Waals surface area (Å²) in [7, 11) is 0. The van der Waals surface area contributed by atoms with Crippen LogP contribution in [0.4, 0.5) is 5.69 Å². The Bertz CT molecular complexity index is 1190. The maximum atomic E-state index is 13.4. The number of fused-ring (bicyclic) bond motifs is 1. The molecule has 3 aromatic rings. The van der Waals surface area contributed by atoms with E-state index in [1.165, 1.54) is 4.90 Å². The van der Waals surface area contributed by atoms with Crippen molar-refractivity contribution >= 4 is 33.5 Å². The number of carbonyl (C=O) groups is 2. The SMILES string of the molecule is C=C(C(=O)OCC)C1(O)C(=O)N(Cc2cn(Cc3ccccc3)nn2)c2ccc(Br)cc21. The van der Waals surface area contributed by atoms with E-state index in [4.69, 9.17) is 4.74 Å². The molecule has 0 saturated carbocycles. The molecule has 0 fully saturated rings. The molecule has 0 aliphatic carbocycles. The molecule has 2 aromatic carbocycles. The molecule has 9 heteroatoms. The number of benzene rings is 2.